The first-order valence-corrected chi connectivity index (χ1v) is 10.4. The van der Waals surface area contributed by atoms with Gasteiger partial charge < -0.3 is 9.64 Å². The molecular weight excluding hydrogens is 364 g/mol. The van der Waals surface area contributed by atoms with E-state index in [1.807, 2.05) is 0 Å². The van der Waals surface area contributed by atoms with E-state index >= 15 is 0 Å². The second-order valence-electron chi connectivity index (χ2n) is 7.11. The molecule has 3 rings (SSSR count). The summed E-state index contributed by atoms with van der Waals surface area (Å²) in [5.74, 6) is 0.860. The van der Waals surface area contributed by atoms with Gasteiger partial charge in [0.25, 0.3) is 15.9 Å². The fourth-order valence-corrected chi connectivity index (χ4v) is 4.14. The third-order valence-corrected chi connectivity index (χ3v) is 5.67. The summed E-state index contributed by atoms with van der Waals surface area (Å²) in [4.78, 5) is 14.5. The van der Waals surface area contributed by atoms with E-state index < -0.39 is 16.1 Å². The Hall–Kier alpha value is -2.54. The van der Waals surface area contributed by atoms with Gasteiger partial charge in [-0.3, -0.25) is 9.52 Å². The van der Waals surface area contributed by atoms with Crippen molar-refractivity contribution < 1.29 is 17.9 Å². The maximum absolute atomic E-state index is 12.5. The molecule has 0 saturated carbocycles. The first-order valence-electron chi connectivity index (χ1n) is 8.92. The minimum atomic E-state index is -3.67. The zero-order chi connectivity index (χ0) is 19.6. The van der Waals surface area contributed by atoms with E-state index in [0.717, 1.165) is 5.56 Å². The number of anilines is 1. The maximum atomic E-state index is 12.5. The fourth-order valence-electron chi connectivity index (χ4n) is 3.07. The summed E-state index contributed by atoms with van der Waals surface area (Å²) < 4.78 is 33.5. The largest absolute Gasteiger partial charge is 0.481 e. The van der Waals surface area contributed by atoms with E-state index in [9.17, 15) is 13.2 Å². The van der Waals surface area contributed by atoms with Crippen LogP contribution >= 0.6 is 0 Å². The average Bonchev–Trinajstić information content (AvgIpc) is 2.72. The molecule has 2 aromatic rings. The minimum Gasteiger partial charge on any atom is -0.481 e. The first-order chi connectivity index (χ1) is 12.8. The van der Waals surface area contributed by atoms with Crippen LogP contribution in [0.3, 0.4) is 0 Å². The van der Waals surface area contributed by atoms with Crippen molar-refractivity contribution in [3.05, 3.63) is 54.1 Å². The number of benzene rings is 2. The molecular formula is C20H24N2O4S. The number of ether oxygens (including phenoxy) is 1. The quantitative estimate of drug-likeness (QED) is 0.853. The number of carbonyl (C=O) groups is 1. The van der Waals surface area contributed by atoms with Crippen molar-refractivity contribution in [1.29, 1.82) is 0 Å². The Morgan fingerprint density at radius 3 is 2.56 bits per heavy atom. The zero-order valence-electron chi connectivity index (χ0n) is 15.7. The molecule has 1 aliphatic rings. The topological polar surface area (TPSA) is 75.7 Å². The van der Waals surface area contributed by atoms with Crippen LogP contribution in [0.2, 0.25) is 0 Å². The van der Waals surface area contributed by atoms with E-state index in [1.54, 1.807) is 60.4 Å². The number of carbonyl (C=O) groups excluding carboxylic acids is 1. The van der Waals surface area contributed by atoms with Gasteiger partial charge in [-0.2, -0.15) is 0 Å². The van der Waals surface area contributed by atoms with E-state index in [1.165, 1.54) is 0 Å². The number of hydrogen-bond donors (Lipinski definition) is 1. The Morgan fingerprint density at radius 1 is 1.19 bits per heavy atom. The predicted octanol–water partition coefficient (Wildman–Crippen LogP) is 3.25. The van der Waals surface area contributed by atoms with Gasteiger partial charge in [-0.05, 0) is 43.2 Å². The van der Waals surface area contributed by atoms with Gasteiger partial charge in [0.05, 0.1) is 4.90 Å². The highest BCUT2D eigenvalue weighted by molar-refractivity contribution is 7.92. The summed E-state index contributed by atoms with van der Waals surface area (Å²) in [6, 6.07) is 13.3. The lowest BCUT2D eigenvalue weighted by molar-refractivity contribution is -0.138. The Bertz CT molecular complexity index is 926. The number of nitrogens with one attached hydrogen (secondary N) is 1. The molecule has 144 valence electrons. The molecule has 0 unspecified atom stereocenters. The molecule has 0 saturated heterocycles. The van der Waals surface area contributed by atoms with Crippen LogP contribution in [0.1, 0.15) is 26.3 Å². The van der Waals surface area contributed by atoms with Gasteiger partial charge in [-0.25, -0.2) is 8.42 Å². The van der Waals surface area contributed by atoms with Crippen LogP contribution in [0.25, 0.3) is 0 Å². The molecule has 0 radical (unpaired) electrons. The molecule has 6 nitrogen and oxygen atoms in total. The lowest BCUT2D eigenvalue weighted by Crippen LogP contribution is -2.39. The van der Waals surface area contributed by atoms with Crippen LogP contribution in [0.4, 0.5) is 5.69 Å². The summed E-state index contributed by atoms with van der Waals surface area (Å²) >= 11 is 0. The molecule has 0 bridgehead atoms. The van der Waals surface area contributed by atoms with E-state index in [4.69, 9.17) is 4.74 Å². The molecule has 1 atom stereocenters. The fraction of sp³-hybridized carbons (Fsp3) is 0.350. The second kappa shape index (κ2) is 7.60. The van der Waals surface area contributed by atoms with Gasteiger partial charge in [0, 0.05) is 24.3 Å². The molecule has 0 aromatic heterocycles. The van der Waals surface area contributed by atoms with Gasteiger partial charge in [-0.15, -0.1) is 0 Å². The molecule has 27 heavy (non-hydrogen) atoms. The van der Waals surface area contributed by atoms with E-state index in [-0.39, 0.29) is 10.8 Å². The molecule has 1 N–H and O–H groups in total. The number of nitrogens with zero attached hydrogens (tertiary/aromatic N) is 1. The summed E-state index contributed by atoms with van der Waals surface area (Å²) in [5.41, 5.74) is 1.22. The van der Waals surface area contributed by atoms with Crippen molar-refractivity contribution in [3.8, 4) is 5.75 Å². The summed E-state index contributed by atoms with van der Waals surface area (Å²) in [7, 11) is -3.67. The van der Waals surface area contributed by atoms with Crippen LogP contribution in [0, 0.1) is 5.92 Å². The number of sulfonamides is 1. The van der Waals surface area contributed by atoms with Crippen LogP contribution in [-0.2, 0) is 21.4 Å². The van der Waals surface area contributed by atoms with Crippen LogP contribution < -0.4 is 9.46 Å². The molecule has 1 aliphatic heterocycles. The SMILES string of the molecule is CC(C)CN1Cc2cc(NS(=O)(=O)c3ccccc3)ccc2O[C@@H](C)C1=O. The third kappa shape index (κ3) is 4.42. The molecule has 0 aliphatic carbocycles. The summed E-state index contributed by atoms with van der Waals surface area (Å²) in [6.07, 6.45) is -0.572. The van der Waals surface area contributed by atoms with Crippen LogP contribution in [0.15, 0.2) is 53.4 Å². The van der Waals surface area contributed by atoms with Crippen molar-refractivity contribution >= 4 is 21.6 Å². The summed E-state index contributed by atoms with van der Waals surface area (Å²) in [5, 5.41) is 0. The van der Waals surface area contributed by atoms with Gasteiger partial charge in [-0.1, -0.05) is 32.0 Å². The minimum absolute atomic E-state index is 0.0636. The zero-order valence-corrected chi connectivity index (χ0v) is 16.5. The normalized spacial score (nSPS) is 17.3. The highest BCUT2D eigenvalue weighted by Gasteiger charge is 2.28. The monoisotopic (exact) mass is 388 g/mol. The highest BCUT2D eigenvalue weighted by atomic mass is 32.2. The average molecular weight is 388 g/mol. The van der Waals surface area contributed by atoms with Crippen molar-refractivity contribution in [3.63, 3.8) is 0 Å². The summed E-state index contributed by atoms with van der Waals surface area (Å²) in [6.45, 7) is 6.84. The van der Waals surface area contributed by atoms with E-state index in [0.29, 0.717) is 30.4 Å². The Balaban J connectivity index is 1.89. The predicted molar refractivity (Wildman–Crippen MR) is 104 cm³/mol. The highest BCUT2D eigenvalue weighted by Crippen LogP contribution is 2.30. The number of rotatable bonds is 5. The molecule has 7 heteroatoms. The van der Waals surface area contributed by atoms with Gasteiger partial charge >= 0.3 is 0 Å². The molecule has 0 fully saturated rings. The molecule has 1 amide bonds. The van der Waals surface area contributed by atoms with Crippen LogP contribution in [-0.4, -0.2) is 31.9 Å². The van der Waals surface area contributed by atoms with Gasteiger partial charge in [0.15, 0.2) is 6.10 Å². The third-order valence-electron chi connectivity index (χ3n) is 4.28. The molecule has 1 heterocycles. The van der Waals surface area contributed by atoms with Crippen molar-refractivity contribution in [2.45, 2.75) is 38.3 Å². The Morgan fingerprint density at radius 2 is 1.89 bits per heavy atom. The number of fused-ring (bicyclic) bond motifs is 1. The molecule has 0 spiro atoms. The number of amides is 1. The van der Waals surface area contributed by atoms with Crippen molar-refractivity contribution in [2.75, 3.05) is 11.3 Å². The smallest absolute Gasteiger partial charge is 0.263 e. The maximum Gasteiger partial charge on any atom is 0.263 e. The first kappa shape index (κ1) is 19.2. The second-order valence-corrected chi connectivity index (χ2v) is 8.80. The standard InChI is InChI=1S/C20H24N2O4S/c1-14(2)12-22-13-16-11-17(9-10-19(16)26-15(3)20(22)23)21-27(24,25)18-7-5-4-6-8-18/h4-11,14-15,21H,12-13H2,1-3H3/t15-/m0/s1. The van der Waals surface area contributed by atoms with E-state index in [2.05, 4.69) is 18.6 Å². The van der Waals surface area contributed by atoms with Crippen molar-refractivity contribution in [1.82, 2.24) is 4.90 Å². The Kier molecular flexibility index (Phi) is 5.41. The number of hydrogen-bond acceptors (Lipinski definition) is 4. The Labute approximate surface area is 160 Å². The lowest BCUT2D eigenvalue weighted by Gasteiger charge is -2.24. The van der Waals surface area contributed by atoms with Crippen molar-refractivity contribution in [2.24, 2.45) is 5.92 Å². The lowest BCUT2D eigenvalue weighted by atomic mass is 10.1. The molecule has 2 aromatic carbocycles. The van der Waals surface area contributed by atoms with Gasteiger partial charge in [0.1, 0.15) is 5.75 Å². The van der Waals surface area contributed by atoms with Gasteiger partial charge in [0.2, 0.25) is 0 Å². The van der Waals surface area contributed by atoms with Crippen LogP contribution in [0.5, 0.6) is 5.75 Å².